The molecule has 2 aliphatic rings. The van der Waals surface area contributed by atoms with Gasteiger partial charge in [0.05, 0.1) is 30.8 Å². The lowest BCUT2D eigenvalue weighted by Crippen LogP contribution is -2.49. The van der Waals surface area contributed by atoms with E-state index >= 15 is 0 Å². The SMILES string of the molecule is COc1cccc(O)c1-c1cc(Nc2cnc(C#N)cn2)n[nH]1.NC1CC2(CCC2)C1. The molecule has 9 heteroatoms. The van der Waals surface area contributed by atoms with E-state index in [9.17, 15) is 5.11 Å². The number of aromatic amines is 1. The summed E-state index contributed by atoms with van der Waals surface area (Å²) in [5, 5.41) is 28.6. The van der Waals surface area contributed by atoms with Crippen molar-refractivity contribution in [2.45, 2.75) is 38.1 Å². The van der Waals surface area contributed by atoms with E-state index in [2.05, 4.69) is 25.5 Å². The number of benzene rings is 1. The van der Waals surface area contributed by atoms with Crippen LogP contribution in [0.25, 0.3) is 11.3 Å². The number of nitrogens with two attached hydrogens (primary N) is 1. The van der Waals surface area contributed by atoms with E-state index < -0.39 is 0 Å². The molecular formula is C22H25N7O2. The number of methoxy groups -OCH3 is 1. The lowest BCUT2D eigenvalue weighted by molar-refractivity contribution is 0.0121. The number of ether oxygens (including phenoxy) is 1. The zero-order valence-corrected chi connectivity index (χ0v) is 17.3. The van der Waals surface area contributed by atoms with Crippen LogP contribution in [0, 0.1) is 16.7 Å². The molecule has 0 saturated heterocycles. The van der Waals surface area contributed by atoms with Crippen LogP contribution < -0.4 is 15.8 Å². The van der Waals surface area contributed by atoms with Gasteiger partial charge in [-0.2, -0.15) is 10.4 Å². The van der Waals surface area contributed by atoms with Crippen LogP contribution in [0.15, 0.2) is 36.7 Å². The highest BCUT2D eigenvalue weighted by Gasteiger charge is 2.46. The molecule has 31 heavy (non-hydrogen) atoms. The molecule has 2 aromatic heterocycles. The van der Waals surface area contributed by atoms with Gasteiger partial charge >= 0.3 is 0 Å². The van der Waals surface area contributed by atoms with Gasteiger partial charge in [0.25, 0.3) is 0 Å². The first kappa shape index (κ1) is 20.6. The fourth-order valence-corrected chi connectivity index (χ4v) is 4.19. The molecular weight excluding hydrogens is 394 g/mol. The summed E-state index contributed by atoms with van der Waals surface area (Å²) in [5.41, 5.74) is 7.79. The quantitative estimate of drug-likeness (QED) is 0.503. The number of phenols is 1. The number of hydrogen-bond donors (Lipinski definition) is 4. The van der Waals surface area contributed by atoms with Crippen LogP contribution >= 0.6 is 0 Å². The average molecular weight is 419 g/mol. The van der Waals surface area contributed by atoms with E-state index in [1.165, 1.54) is 51.6 Å². The van der Waals surface area contributed by atoms with E-state index in [1.807, 2.05) is 6.07 Å². The van der Waals surface area contributed by atoms with Crippen molar-refractivity contribution in [2.24, 2.45) is 11.1 Å². The number of anilines is 2. The van der Waals surface area contributed by atoms with Gasteiger partial charge in [0.15, 0.2) is 11.5 Å². The van der Waals surface area contributed by atoms with Gasteiger partial charge in [0.1, 0.15) is 23.4 Å². The lowest BCUT2D eigenvalue weighted by atomic mass is 9.54. The summed E-state index contributed by atoms with van der Waals surface area (Å²) < 4.78 is 5.25. The third kappa shape index (κ3) is 4.44. The number of nitrogens with one attached hydrogen (secondary N) is 2. The van der Waals surface area contributed by atoms with Crippen molar-refractivity contribution in [3.05, 3.63) is 42.4 Å². The molecule has 2 fully saturated rings. The third-order valence-electron chi connectivity index (χ3n) is 5.90. The van der Waals surface area contributed by atoms with E-state index in [1.54, 1.807) is 24.3 Å². The standard InChI is InChI=1S/C15H12N6O2.C7H13N/c1-23-12-4-2-3-11(22)15(12)10-5-13(21-20-10)19-14-8-17-9(6-16)7-18-14;8-6-4-7(5-6)2-1-3-7/h2-5,7-8,22H,1H3,(H2,18,19,20,21);6H,1-5,8H2. The summed E-state index contributed by atoms with van der Waals surface area (Å²) in [6.07, 6.45) is 9.86. The van der Waals surface area contributed by atoms with E-state index in [0.29, 0.717) is 34.7 Å². The van der Waals surface area contributed by atoms with Crippen LogP contribution in [0.5, 0.6) is 11.5 Å². The average Bonchev–Trinajstić information content (AvgIpc) is 3.18. The van der Waals surface area contributed by atoms with Crippen molar-refractivity contribution in [2.75, 3.05) is 12.4 Å². The van der Waals surface area contributed by atoms with Gasteiger partial charge < -0.3 is 20.9 Å². The zero-order valence-electron chi connectivity index (χ0n) is 17.3. The molecule has 0 atom stereocenters. The minimum absolute atomic E-state index is 0.0812. The molecule has 3 aromatic rings. The first-order valence-electron chi connectivity index (χ1n) is 10.2. The van der Waals surface area contributed by atoms with E-state index in [4.69, 9.17) is 15.7 Å². The number of nitrogens with zero attached hydrogens (tertiary/aromatic N) is 4. The Hall–Kier alpha value is -3.64. The molecule has 0 unspecified atom stereocenters. The molecule has 0 radical (unpaired) electrons. The minimum atomic E-state index is 0.0812. The largest absolute Gasteiger partial charge is 0.507 e. The second-order valence-corrected chi connectivity index (χ2v) is 8.07. The van der Waals surface area contributed by atoms with Crippen LogP contribution in [0.2, 0.25) is 0 Å². The number of nitriles is 1. The Morgan fingerprint density at radius 3 is 2.61 bits per heavy atom. The molecule has 0 bridgehead atoms. The van der Waals surface area contributed by atoms with Crippen molar-refractivity contribution in [1.82, 2.24) is 20.2 Å². The number of aromatic nitrogens is 4. The number of phenolic OH excluding ortho intramolecular Hbond substituents is 1. The molecule has 0 aliphatic heterocycles. The molecule has 2 heterocycles. The number of H-pyrrole nitrogens is 1. The first-order chi connectivity index (χ1) is 15.0. The summed E-state index contributed by atoms with van der Waals surface area (Å²) in [5.74, 6) is 1.55. The molecule has 1 aromatic carbocycles. The van der Waals surface area contributed by atoms with Crippen molar-refractivity contribution < 1.29 is 9.84 Å². The molecule has 1 spiro atoms. The van der Waals surface area contributed by atoms with Gasteiger partial charge in [0.2, 0.25) is 0 Å². The highest BCUT2D eigenvalue weighted by molar-refractivity contribution is 5.75. The maximum Gasteiger partial charge on any atom is 0.158 e. The Kier molecular flexibility index (Phi) is 5.73. The molecule has 5 N–H and O–H groups in total. The Labute approximate surface area is 180 Å². The Morgan fingerprint density at radius 1 is 1.26 bits per heavy atom. The summed E-state index contributed by atoms with van der Waals surface area (Å²) in [6, 6.07) is 9.18. The molecule has 9 nitrogen and oxygen atoms in total. The van der Waals surface area contributed by atoms with Crippen molar-refractivity contribution >= 4 is 11.6 Å². The van der Waals surface area contributed by atoms with Crippen LogP contribution in [0.4, 0.5) is 11.6 Å². The van der Waals surface area contributed by atoms with Gasteiger partial charge in [0, 0.05) is 12.1 Å². The molecule has 2 saturated carbocycles. The van der Waals surface area contributed by atoms with Gasteiger partial charge in [-0.15, -0.1) is 0 Å². The van der Waals surface area contributed by atoms with Crippen molar-refractivity contribution in [1.29, 1.82) is 5.26 Å². The van der Waals surface area contributed by atoms with E-state index in [-0.39, 0.29) is 11.4 Å². The maximum absolute atomic E-state index is 10.0. The van der Waals surface area contributed by atoms with Crippen LogP contribution in [-0.4, -0.2) is 38.4 Å². The number of aromatic hydroxyl groups is 1. The number of rotatable bonds is 4. The Morgan fingerprint density at radius 2 is 2.06 bits per heavy atom. The van der Waals surface area contributed by atoms with E-state index in [0.717, 1.165) is 5.41 Å². The predicted octanol–water partition coefficient (Wildman–Crippen LogP) is 3.47. The lowest BCUT2D eigenvalue weighted by Gasteiger charge is -2.53. The second kappa shape index (κ2) is 8.62. The topological polar surface area (TPSA) is 146 Å². The third-order valence-corrected chi connectivity index (χ3v) is 5.90. The molecule has 2 aliphatic carbocycles. The normalized spacial score (nSPS) is 16.3. The fourth-order valence-electron chi connectivity index (χ4n) is 4.19. The molecule has 5 rings (SSSR count). The highest BCUT2D eigenvalue weighted by Crippen LogP contribution is 2.55. The van der Waals surface area contributed by atoms with Crippen molar-refractivity contribution in [3.8, 4) is 28.8 Å². The van der Waals surface area contributed by atoms with Gasteiger partial charge in [-0.3, -0.25) is 5.10 Å². The van der Waals surface area contributed by atoms with Crippen molar-refractivity contribution in [3.63, 3.8) is 0 Å². The summed E-state index contributed by atoms with van der Waals surface area (Å²) in [4.78, 5) is 7.97. The van der Waals surface area contributed by atoms with Crippen LogP contribution in [0.3, 0.4) is 0 Å². The monoisotopic (exact) mass is 419 g/mol. The predicted molar refractivity (Wildman–Crippen MR) is 116 cm³/mol. The second-order valence-electron chi connectivity index (χ2n) is 8.07. The molecule has 160 valence electrons. The van der Waals surface area contributed by atoms with Gasteiger partial charge in [-0.1, -0.05) is 12.5 Å². The van der Waals surface area contributed by atoms with Gasteiger partial charge in [-0.25, -0.2) is 9.97 Å². The zero-order chi connectivity index (χ0) is 21.8. The van der Waals surface area contributed by atoms with Crippen LogP contribution in [0.1, 0.15) is 37.8 Å². The Bertz CT molecular complexity index is 1080. The summed E-state index contributed by atoms with van der Waals surface area (Å²) in [7, 11) is 1.53. The molecule has 0 amide bonds. The van der Waals surface area contributed by atoms with Crippen LogP contribution in [-0.2, 0) is 0 Å². The smallest absolute Gasteiger partial charge is 0.158 e. The summed E-state index contributed by atoms with van der Waals surface area (Å²) in [6.45, 7) is 0. The Balaban J connectivity index is 0.000000239. The fraction of sp³-hybridized carbons (Fsp3) is 0.364. The highest BCUT2D eigenvalue weighted by atomic mass is 16.5. The number of hydrogen-bond acceptors (Lipinski definition) is 8. The first-order valence-corrected chi connectivity index (χ1v) is 10.2. The maximum atomic E-state index is 10.0. The summed E-state index contributed by atoms with van der Waals surface area (Å²) >= 11 is 0. The minimum Gasteiger partial charge on any atom is -0.507 e. The van der Waals surface area contributed by atoms with Gasteiger partial charge in [-0.05, 0) is 43.2 Å².